The highest BCUT2D eigenvalue weighted by Gasteiger charge is 2.31. The lowest BCUT2D eigenvalue weighted by Gasteiger charge is -2.33. The molecule has 150 valence electrons. The number of nitrogens with zero attached hydrogens (tertiary/aromatic N) is 2. The second-order valence-electron chi connectivity index (χ2n) is 6.51. The smallest absolute Gasteiger partial charge is 0.357 e. The van der Waals surface area contributed by atoms with Gasteiger partial charge in [0, 0.05) is 44.5 Å². The van der Waals surface area contributed by atoms with E-state index in [0.717, 1.165) is 44.7 Å². The number of hydrogen-bond donors (Lipinski definition) is 2. The molecule has 4 nitrogen and oxygen atoms in total. The van der Waals surface area contributed by atoms with Gasteiger partial charge < -0.3 is 15.5 Å². The lowest BCUT2D eigenvalue weighted by molar-refractivity contribution is -0.137. The molecule has 2 saturated heterocycles. The van der Waals surface area contributed by atoms with Gasteiger partial charge in [-0.05, 0) is 31.4 Å². The van der Waals surface area contributed by atoms with Crippen molar-refractivity contribution in [2.75, 3.05) is 31.1 Å². The van der Waals surface area contributed by atoms with Gasteiger partial charge in [-0.15, -0.1) is 24.8 Å². The number of anilines is 1. The molecule has 2 aliphatic heterocycles. The second-order valence-corrected chi connectivity index (χ2v) is 6.51. The van der Waals surface area contributed by atoms with E-state index in [-0.39, 0.29) is 30.9 Å². The Labute approximate surface area is 162 Å². The van der Waals surface area contributed by atoms with Crippen LogP contribution in [0.1, 0.15) is 24.8 Å². The summed E-state index contributed by atoms with van der Waals surface area (Å²) in [6.07, 6.45) is -1.86. The van der Waals surface area contributed by atoms with Crippen molar-refractivity contribution < 1.29 is 17.6 Å². The van der Waals surface area contributed by atoms with Gasteiger partial charge in [0.25, 0.3) is 0 Å². The molecule has 0 saturated carbocycles. The summed E-state index contributed by atoms with van der Waals surface area (Å²) in [5, 5.41) is 6.61. The molecule has 1 aromatic heterocycles. The van der Waals surface area contributed by atoms with Crippen LogP contribution in [0.25, 0.3) is 0 Å². The van der Waals surface area contributed by atoms with Gasteiger partial charge in [-0.25, -0.2) is 9.37 Å². The highest BCUT2D eigenvalue weighted by atomic mass is 35.5. The predicted molar refractivity (Wildman–Crippen MR) is 98.3 cm³/mol. The minimum absolute atomic E-state index is 0. The Hall–Kier alpha value is -0.830. The quantitative estimate of drug-likeness (QED) is 0.736. The van der Waals surface area contributed by atoms with Crippen LogP contribution >= 0.6 is 24.8 Å². The van der Waals surface area contributed by atoms with Gasteiger partial charge in [-0.2, -0.15) is 13.2 Å². The molecule has 26 heavy (non-hydrogen) atoms. The molecule has 0 aliphatic carbocycles. The molecule has 2 fully saturated rings. The first kappa shape index (κ1) is 23.2. The van der Waals surface area contributed by atoms with Crippen molar-refractivity contribution in [3.8, 4) is 0 Å². The molecule has 0 amide bonds. The summed E-state index contributed by atoms with van der Waals surface area (Å²) in [5.41, 5.74) is -0.724. The van der Waals surface area contributed by atoms with Crippen molar-refractivity contribution >= 4 is 30.6 Å². The Balaban J connectivity index is 0.00000169. The van der Waals surface area contributed by atoms with E-state index >= 15 is 0 Å². The maximum Gasteiger partial charge on any atom is 0.417 e. The normalized spacial score (nSPS) is 24.1. The van der Waals surface area contributed by atoms with E-state index in [1.54, 1.807) is 0 Å². The maximum absolute atomic E-state index is 13.1. The zero-order chi connectivity index (χ0) is 17.2. The number of halogens is 6. The van der Waals surface area contributed by atoms with Crippen molar-refractivity contribution in [1.29, 1.82) is 0 Å². The number of alkyl halides is 4. The molecule has 10 heteroatoms. The highest BCUT2D eigenvalue weighted by molar-refractivity contribution is 5.85. The van der Waals surface area contributed by atoms with Gasteiger partial charge in [-0.1, -0.05) is 0 Å². The molecular formula is C16H24Cl2F4N4. The van der Waals surface area contributed by atoms with E-state index in [4.69, 9.17) is 0 Å². The second kappa shape index (κ2) is 9.92. The minimum atomic E-state index is -4.35. The monoisotopic (exact) mass is 418 g/mol. The Kier molecular flexibility index (Phi) is 8.85. The first-order chi connectivity index (χ1) is 11.4. The topological polar surface area (TPSA) is 40.2 Å². The molecular weight excluding hydrogens is 395 g/mol. The van der Waals surface area contributed by atoms with Crippen LogP contribution in [0.2, 0.25) is 0 Å². The fraction of sp³-hybridized carbons (Fsp3) is 0.688. The lowest BCUT2D eigenvalue weighted by atomic mass is 10.0. The molecule has 0 unspecified atom stereocenters. The molecule has 0 spiro atoms. The molecule has 2 aliphatic rings. The average molecular weight is 419 g/mol. The standard InChI is InChI=1S/C16H22F4N4.2ClH/c17-12-7-14(21-9-12)10-22-13-3-5-24(6-4-13)15-2-1-11(8-23-15)16(18,19)20;;/h1-2,8,12-14,21-22H,3-7,9-10H2;2*1H/t12-,14-;;/m0../s1. The zero-order valence-corrected chi connectivity index (χ0v) is 15.8. The molecule has 1 aromatic rings. The van der Waals surface area contributed by atoms with Gasteiger partial charge in [0.2, 0.25) is 0 Å². The van der Waals surface area contributed by atoms with E-state index in [9.17, 15) is 17.6 Å². The number of aromatic nitrogens is 1. The first-order valence-corrected chi connectivity index (χ1v) is 8.31. The average Bonchev–Trinajstić information content (AvgIpc) is 2.98. The summed E-state index contributed by atoms with van der Waals surface area (Å²) < 4.78 is 50.8. The Morgan fingerprint density at radius 1 is 1.19 bits per heavy atom. The molecule has 2 N–H and O–H groups in total. The van der Waals surface area contributed by atoms with E-state index in [0.29, 0.717) is 24.8 Å². The Morgan fingerprint density at radius 3 is 2.38 bits per heavy atom. The van der Waals surface area contributed by atoms with Crippen molar-refractivity contribution in [3.63, 3.8) is 0 Å². The first-order valence-electron chi connectivity index (χ1n) is 8.31. The van der Waals surface area contributed by atoms with Crippen LogP contribution in [0, 0.1) is 0 Å². The van der Waals surface area contributed by atoms with E-state index in [1.807, 2.05) is 4.90 Å². The van der Waals surface area contributed by atoms with E-state index in [1.165, 1.54) is 6.07 Å². The summed E-state index contributed by atoms with van der Waals surface area (Å²) in [6, 6.07) is 3.05. The van der Waals surface area contributed by atoms with Crippen molar-refractivity contribution in [3.05, 3.63) is 23.9 Å². The lowest BCUT2D eigenvalue weighted by Crippen LogP contribution is -2.46. The van der Waals surface area contributed by atoms with Crippen LogP contribution in [0.15, 0.2) is 18.3 Å². The molecule has 0 aromatic carbocycles. The summed E-state index contributed by atoms with van der Waals surface area (Å²) in [6.45, 7) is 2.69. The molecule has 3 rings (SSSR count). The maximum atomic E-state index is 13.1. The predicted octanol–water partition coefficient (Wildman–Crippen LogP) is 3.20. The van der Waals surface area contributed by atoms with E-state index in [2.05, 4.69) is 15.6 Å². The highest BCUT2D eigenvalue weighted by Crippen LogP contribution is 2.29. The molecule has 0 radical (unpaired) electrons. The van der Waals surface area contributed by atoms with Gasteiger partial charge in [0.05, 0.1) is 5.56 Å². The fourth-order valence-electron chi connectivity index (χ4n) is 3.29. The number of rotatable bonds is 4. The van der Waals surface area contributed by atoms with Crippen LogP contribution in [-0.2, 0) is 6.18 Å². The third-order valence-electron chi connectivity index (χ3n) is 4.72. The Morgan fingerprint density at radius 2 is 1.88 bits per heavy atom. The summed E-state index contributed by atoms with van der Waals surface area (Å²) >= 11 is 0. The van der Waals surface area contributed by atoms with Crippen LogP contribution in [0.3, 0.4) is 0 Å². The van der Waals surface area contributed by atoms with Crippen LogP contribution in [0.4, 0.5) is 23.4 Å². The fourth-order valence-corrected chi connectivity index (χ4v) is 3.29. The Bertz CT molecular complexity index is 536. The van der Waals surface area contributed by atoms with E-state index < -0.39 is 17.9 Å². The van der Waals surface area contributed by atoms with Gasteiger partial charge in [-0.3, -0.25) is 0 Å². The number of piperidine rings is 1. The number of nitrogens with one attached hydrogen (secondary N) is 2. The largest absolute Gasteiger partial charge is 0.417 e. The van der Waals surface area contributed by atoms with Crippen molar-refractivity contribution in [2.45, 2.75) is 43.7 Å². The molecule has 0 bridgehead atoms. The van der Waals surface area contributed by atoms with Crippen molar-refractivity contribution in [1.82, 2.24) is 15.6 Å². The number of hydrogen-bond acceptors (Lipinski definition) is 4. The van der Waals surface area contributed by atoms with Gasteiger partial charge >= 0.3 is 6.18 Å². The third-order valence-corrected chi connectivity index (χ3v) is 4.72. The molecule has 3 heterocycles. The molecule has 2 atom stereocenters. The van der Waals surface area contributed by atoms with Gasteiger partial charge in [0.1, 0.15) is 12.0 Å². The minimum Gasteiger partial charge on any atom is -0.357 e. The third kappa shape index (κ3) is 6.11. The van der Waals surface area contributed by atoms with Gasteiger partial charge in [0.15, 0.2) is 0 Å². The van der Waals surface area contributed by atoms with Crippen molar-refractivity contribution in [2.24, 2.45) is 0 Å². The van der Waals surface area contributed by atoms with Crippen LogP contribution in [-0.4, -0.2) is 49.4 Å². The zero-order valence-electron chi connectivity index (χ0n) is 14.1. The SMILES string of the molecule is Cl.Cl.F[C@@H]1CN[C@H](CNC2CCN(c3ccc(C(F)(F)F)cn3)CC2)C1. The number of pyridine rings is 1. The van der Waals surface area contributed by atoms with Crippen LogP contribution in [0.5, 0.6) is 0 Å². The van der Waals surface area contributed by atoms with Crippen LogP contribution < -0.4 is 15.5 Å². The summed E-state index contributed by atoms with van der Waals surface area (Å²) in [4.78, 5) is 5.95. The summed E-state index contributed by atoms with van der Waals surface area (Å²) in [7, 11) is 0. The summed E-state index contributed by atoms with van der Waals surface area (Å²) in [5.74, 6) is 0.583.